The lowest BCUT2D eigenvalue weighted by Crippen LogP contribution is -2.40. The van der Waals surface area contributed by atoms with Crippen LogP contribution in [0, 0.1) is 11.8 Å². The first-order valence-corrected chi connectivity index (χ1v) is 11.2. The third-order valence-corrected chi connectivity index (χ3v) is 5.48. The zero-order valence-corrected chi connectivity index (χ0v) is 18.7. The second-order valence-corrected chi connectivity index (χ2v) is 8.11. The Kier molecular flexibility index (Phi) is 10.3. The molecular formula is C24H36O6. The number of carbonyl (C=O) groups is 1. The minimum Gasteiger partial charge on any atom is -0.462 e. The number of benzene rings is 1. The lowest BCUT2D eigenvalue weighted by Gasteiger charge is -2.34. The molecule has 1 saturated heterocycles. The molecule has 2 unspecified atom stereocenters. The lowest BCUT2D eigenvalue weighted by molar-refractivity contribution is -0.236. The van der Waals surface area contributed by atoms with Gasteiger partial charge in [-0.1, -0.05) is 40.0 Å². The van der Waals surface area contributed by atoms with Crippen molar-refractivity contribution in [1.29, 1.82) is 0 Å². The highest BCUT2D eigenvalue weighted by Gasteiger charge is 2.31. The van der Waals surface area contributed by atoms with E-state index in [1.165, 1.54) is 19.3 Å². The maximum Gasteiger partial charge on any atom is 0.343 e. The first-order chi connectivity index (χ1) is 14.4. The van der Waals surface area contributed by atoms with Crippen molar-refractivity contribution in [3.05, 3.63) is 34.7 Å². The number of esters is 1. The summed E-state index contributed by atoms with van der Waals surface area (Å²) in [5, 5.41) is 0.630. The molecule has 4 rings (SSSR count). The number of carbonyl (C=O) groups excluding carboxylic acids is 1. The van der Waals surface area contributed by atoms with E-state index in [0.29, 0.717) is 23.3 Å². The second kappa shape index (κ2) is 12.7. The summed E-state index contributed by atoms with van der Waals surface area (Å²) in [7, 11) is 0. The minimum atomic E-state index is -0.253. The zero-order chi connectivity index (χ0) is 21.9. The van der Waals surface area contributed by atoms with Gasteiger partial charge in [-0.25, -0.2) is 4.79 Å². The summed E-state index contributed by atoms with van der Waals surface area (Å²) in [5.41, 5.74) is 0.394. The molecule has 2 atom stereocenters. The van der Waals surface area contributed by atoms with Gasteiger partial charge < -0.3 is 18.6 Å². The summed E-state index contributed by atoms with van der Waals surface area (Å²) in [6.45, 7) is 9.72. The molecular weight excluding hydrogens is 384 g/mol. The van der Waals surface area contributed by atoms with Crippen LogP contribution >= 0.6 is 0 Å². The highest BCUT2D eigenvalue weighted by molar-refractivity contribution is 5.69. The molecule has 0 saturated carbocycles. The highest BCUT2D eigenvalue weighted by atomic mass is 16.7. The number of hydrogen-bond acceptors (Lipinski definition) is 6. The van der Waals surface area contributed by atoms with Gasteiger partial charge in [0.1, 0.15) is 11.7 Å². The molecule has 2 aromatic heterocycles. The Labute approximate surface area is 179 Å². The topological polar surface area (TPSA) is 75.0 Å². The van der Waals surface area contributed by atoms with E-state index >= 15 is 0 Å². The van der Waals surface area contributed by atoms with Crippen LogP contribution < -0.4 is 5.63 Å². The van der Waals surface area contributed by atoms with Gasteiger partial charge in [-0.2, -0.15) is 0 Å². The van der Waals surface area contributed by atoms with Crippen molar-refractivity contribution in [2.75, 3.05) is 13.2 Å². The van der Waals surface area contributed by atoms with Crippen molar-refractivity contribution >= 4 is 16.9 Å². The monoisotopic (exact) mass is 420 g/mol. The van der Waals surface area contributed by atoms with Gasteiger partial charge >= 0.3 is 11.6 Å². The number of hydrogen-bond donors (Lipinski definition) is 0. The van der Waals surface area contributed by atoms with E-state index < -0.39 is 0 Å². The fraction of sp³-hybridized carbons (Fsp3) is 0.667. The normalized spacial score (nSPS) is 20.9. The van der Waals surface area contributed by atoms with Crippen molar-refractivity contribution in [3.63, 3.8) is 0 Å². The van der Waals surface area contributed by atoms with Crippen LogP contribution in [-0.2, 0) is 19.0 Å². The fourth-order valence-electron chi connectivity index (χ4n) is 3.26. The molecule has 2 bridgehead atoms. The lowest BCUT2D eigenvalue weighted by atomic mass is 10.0. The average Bonchev–Trinajstić information content (AvgIpc) is 2.77. The van der Waals surface area contributed by atoms with Crippen LogP contribution in [0.5, 0.6) is 0 Å². The fourth-order valence-corrected chi connectivity index (χ4v) is 3.26. The quantitative estimate of drug-likeness (QED) is 0.522. The van der Waals surface area contributed by atoms with Gasteiger partial charge in [-0.05, 0) is 44.0 Å². The van der Waals surface area contributed by atoms with Gasteiger partial charge in [0.15, 0.2) is 6.29 Å². The van der Waals surface area contributed by atoms with Gasteiger partial charge in [0.25, 0.3) is 0 Å². The van der Waals surface area contributed by atoms with Crippen LogP contribution in [0.2, 0.25) is 0 Å². The number of ether oxygens (including phenoxy) is 3. The van der Waals surface area contributed by atoms with E-state index in [2.05, 4.69) is 13.8 Å². The van der Waals surface area contributed by atoms with Crippen molar-refractivity contribution in [3.8, 4) is 0 Å². The van der Waals surface area contributed by atoms with E-state index in [1.54, 1.807) is 24.3 Å². The Morgan fingerprint density at radius 2 is 1.70 bits per heavy atom. The van der Waals surface area contributed by atoms with Crippen LogP contribution in [0.3, 0.4) is 0 Å². The van der Waals surface area contributed by atoms with Crippen molar-refractivity contribution < 1.29 is 23.4 Å². The number of rotatable bonds is 9. The van der Waals surface area contributed by atoms with Crippen LogP contribution in [0.15, 0.2) is 33.5 Å². The van der Waals surface area contributed by atoms with E-state index in [1.807, 2.05) is 13.8 Å². The molecule has 1 aliphatic heterocycles. The molecule has 0 aliphatic carbocycles. The molecule has 6 nitrogen and oxygen atoms in total. The van der Waals surface area contributed by atoms with Crippen molar-refractivity contribution in [1.82, 2.24) is 0 Å². The van der Waals surface area contributed by atoms with Gasteiger partial charge in [-0.15, -0.1) is 0 Å². The summed E-state index contributed by atoms with van der Waals surface area (Å²) >= 11 is 0. The summed E-state index contributed by atoms with van der Waals surface area (Å²) in [4.78, 5) is 22.3. The molecule has 30 heavy (non-hydrogen) atoms. The van der Waals surface area contributed by atoms with Gasteiger partial charge in [0.2, 0.25) is 0 Å². The molecule has 1 aliphatic rings. The standard InChI is InChI=1S/C17H32O4.C7H4O2/c1-5-7-9-15-11-19-17(20-12-15)13(3)14(4)21-16(18)10-8-6-2;8-7-5-1-3-6(9-7)4-2-5/h13-15,17H,5-12H2,1-4H3;1-4H. The first kappa shape index (κ1) is 24.4. The SMILES string of the molecule is CCCCC(=O)OC(C)C(C)C1OCC(CCCC)CO1.O=c1oc2ccc1cc2. The predicted octanol–water partition coefficient (Wildman–Crippen LogP) is 5.15. The van der Waals surface area contributed by atoms with Gasteiger partial charge in [0, 0.05) is 18.3 Å². The maximum atomic E-state index is 11.7. The minimum absolute atomic E-state index is 0.0581. The molecule has 6 heteroatoms. The highest BCUT2D eigenvalue weighted by Crippen LogP contribution is 2.24. The van der Waals surface area contributed by atoms with E-state index in [-0.39, 0.29) is 29.9 Å². The Bertz CT molecular complexity index is 757. The maximum absolute atomic E-state index is 11.7. The molecule has 0 radical (unpaired) electrons. The Morgan fingerprint density at radius 3 is 2.17 bits per heavy atom. The van der Waals surface area contributed by atoms with Crippen LogP contribution in [-0.4, -0.2) is 31.6 Å². The summed E-state index contributed by atoms with van der Waals surface area (Å²) < 4.78 is 21.9. The zero-order valence-electron chi connectivity index (χ0n) is 18.7. The average molecular weight is 421 g/mol. The first-order valence-electron chi connectivity index (χ1n) is 11.2. The Hall–Kier alpha value is -1.92. The molecule has 0 N–H and O–H groups in total. The molecule has 3 heterocycles. The Morgan fingerprint density at radius 1 is 1.07 bits per heavy atom. The number of fused-ring (bicyclic) bond motifs is 3. The number of unbranched alkanes of at least 4 members (excludes halogenated alkanes) is 2. The third kappa shape index (κ3) is 7.73. The Balaban J connectivity index is 0.000000290. The summed E-state index contributed by atoms with van der Waals surface area (Å²) in [6, 6.07) is 7.05. The van der Waals surface area contributed by atoms with Crippen molar-refractivity contribution in [2.45, 2.75) is 78.6 Å². The van der Waals surface area contributed by atoms with Crippen LogP contribution in [0.4, 0.5) is 0 Å². The second-order valence-electron chi connectivity index (χ2n) is 8.11. The van der Waals surface area contributed by atoms with Gasteiger partial charge in [-0.3, -0.25) is 4.79 Å². The van der Waals surface area contributed by atoms with E-state index in [9.17, 15) is 9.59 Å². The van der Waals surface area contributed by atoms with Gasteiger partial charge in [0.05, 0.1) is 18.6 Å². The van der Waals surface area contributed by atoms with Crippen molar-refractivity contribution in [2.24, 2.45) is 11.8 Å². The summed E-state index contributed by atoms with van der Waals surface area (Å²) in [6.07, 6.45) is 5.56. The molecule has 1 fully saturated rings. The van der Waals surface area contributed by atoms with Crippen LogP contribution in [0.1, 0.15) is 66.2 Å². The predicted molar refractivity (Wildman–Crippen MR) is 117 cm³/mol. The third-order valence-electron chi connectivity index (χ3n) is 5.48. The van der Waals surface area contributed by atoms with Crippen LogP contribution in [0.25, 0.3) is 11.0 Å². The molecule has 3 aromatic rings. The molecule has 0 amide bonds. The molecule has 168 valence electrons. The molecule has 0 spiro atoms. The summed E-state index contributed by atoms with van der Waals surface area (Å²) in [5.74, 6) is 0.450. The van der Waals surface area contributed by atoms with E-state index in [4.69, 9.17) is 18.6 Å². The smallest absolute Gasteiger partial charge is 0.343 e. The molecule has 1 aromatic carbocycles. The largest absolute Gasteiger partial charge is 0.462 e. The van der Waals surface area contributed by atoms with E-state index in [0.717, 1.165) is 26.1 Å².